The lowest BCUT2D eigenvalue weighted by Crippen LogP contribution is -2.42. The number of para-hydroxylation sites is 2. The molecular weight excluding hydrogens is 320 g/mol. The number of benzene rings is 1. The van der Waals surface area contributed by atoms with Crippen molar-refractivity contribution in [1.29, 1.82) is 0 Å². The van der Waals surface area contributed by atoms with Gasteiger partial charge in [0.15, 0.2) is 5.69 Å². The van der Waals surface area contributed by atoms with Crippen molar-refractivity contribution in [3.05, 3.63) is 36.9 Å². The minimum Gasteiger partial charge on any atom is -0.318 e. The number of hydrogen-bond donors (Lipinski definition) is 1. The first kappa shape index (κ1) is 22.4. The molecule has 0 aliphatic rings. The van der Waals surface area contributed by atoms with Crippen LogP contribution in [-0.4, -0.2) is 26.5 Å². The molecule has 3 nitrogen and oxygen atoms in total. The number of rotatable bonds is 14. The number of unbranched alkanes of at least 4 members (excludes halogenated alkanes) is 9. The lowest BCUT2D eigenvalue weighted by atomic mass is 10.1. The number of hydrogen-bond acceptors (Lipinski definition) is 1. The Balaban J connectivity index is 2.34. The van der Waals surface area contributed by atoms with Crippen LogP contribution in [0.2, 0.25) is 0 Å². The molecule has 1 aromatic rings. The van der Waals surface area contributed by atoms with Gasteiger partial charge in [0, 0.05) is 6.07 Å². The molecule has 0 unspecified atom stereocenters. The van der Waals surface area contributed by atoms with E-state index in [0.717, 1.165) is 22.4 Å². The zero-order chi connectivity index (χ0) is 19.3. The monoisotopic (exact) mass is 359 g/mol. The van der Waals surface area contributed by atoms with E-state index in [9.17, 15) is 4.79 Å². The highest BCUT2D eigenvalue weighted by atomic mass is 16.1. The van der Waals surface area contributed by atoms with Crippen LogP contribution in [0.1, 0.15) is 71.1 Å². The van der Waals surface area contributed by atoms with Gasteiger partial charge in [0.2, 0.25) is 5.91 Å². The molecule has 0 spiro atoms. The van der Waals surface area contributed by atoms with Gasteiger partial charge in [0.25, 0.3) is 0 Å². The minimum absolute atomic E-state index is 0.156. The Morgan fingerprint density at radius 1 is 0.962 bits per heavy atom. The Kier molecular flexibility index (Phi) is 11.0. The summed E-state index contributed by atoms with van der Waals surface area (Å²) >= 11 is 0. The zero-order valence-corrected chi connectivity index (χ0v) is 17.2. The second-order valence-corrected chi connectivity index (χ2v) is 7.80. The Labute approximate surface area is 161 Å². The average Bonchev–Trinajstić information content (AvgIpc) is 2.63. The fraction of sp³-hybridized carbons (Fsp3) is 0.609. The van der Waals surface area contributed by atoms with Crippen molar-refractivity contribution in [3.8, 4) is 0 Å². The van der Waals surface area contributed by atoms with E-state index >= 15 is 0 Å². The second kappa shape index (κ2) is 12.7. The van der Waals surface area contributed by atoms with Crippen LogP contribution < -0.4 is 9.80 Å². The summed E-state index contributed by atoms with van der Waals surface area (Å²) in [5, 5.41) is 2.93. The summed E-state index contributed by atoms with van der Waals surface area (Å²) in [5.74, 6) is -0.156. The molecule has 0 aliphatic carbocycles. The standard InChI is InChI=1S/C23H38N2O/c1-5-7-8-9-10-11-12-13-14-17-20-25(3,4)22-19-16-15-18-21(22)24-23(26)6-2/h6,15-16,18-19H,2,5,7-14,17,20H2,1,3-4H3/p+1. The zero-order valence-electron chi connectivity index (χ0n) is 17.2. The molecule has 0 radical (unpaired) electrons. The molecule has 1 aromatic carbocycles. The summed E-state index contributed by atoms with van der Waals surface area (Å²) in [4.78, 5) is 11.7. The summed E-state index contributed by atoms with van der Waals surface area (Å²) in [7, 11) is 4.43. The smallest absolute Gasteiger partial charge is 0.247 e. The van der Waals surface area contributed by atoms with E-state index in [4.69, 9.17) is 0 Å². The number of carbonyl (C=O) groups is 1. The van der Waals surface area contributed by atoms with Crippen molar-refractivity contribution in [2.75, 3.05) is 26.0 Å². The van der Waals surface area contributed by atoms with E-state index in [2.05, 4.69) is 39.0 Å². The maximum atomic E-state index is 11.7. The molecule has 1 N–H and O–H groups in total. The number of carbonyl (C=O) groups excluding carboxylic acids is 1. The van der Waals surface area contributed by atoms with Gasteiger partial charge in [0.05, 0.1) is 20.6 Å². The van der Waals surface area contributed by atoms with Gasteiger partial charge < -0.3 is 5.32 Å². The van der Waals surface area contributed by atoms with Crippen LogP contribution in [-0.2, 0) is 4.79 Å². The summed E-state index contributed by atoms with van der Waals surface area (Å²) in [6.45, 7) is 6.89. The van der Waals surface area contributed by atoms with Crippen LogP contribution in [0.3, 0.4) is 0 Å². The maximum absolute atomic E-state index is 11.7. The van der Waals surface area contributed by atoms with Crippen molar-refractivity contribution in [3.63, 3.8) is 0 Å². The van der Waals surface area contributed by atoms with Gasteiger partial charge >= 0.3 is 0 Å². The Hall–Kier alpha value is -1.61. The normalized spacial score (nSPS) is 11.3. The van der Waals surface area contributed by atoms with Crippen LogP contribution in [0.5, 0.6) is 0 Å². The van der Waals surface area contributed by atoms with E-state index in [-0.39, 0.29) is 5.91 Å². The third-order valence-corrected chi connectivity index (χ3v) is 5.07. The molecule has 3 heteroatoms. The van der Waals surface area contributed by atoms with Crippen LogP contribution in [0.15, 0.2) is 36.9 Å². The van der Waals surface area contributed by atoms with E-state index in [1.54, 1.807) is 0 Å². The highest BCUT2D eigenvalue weighted by Gasteiger charge is 2.22. The van der Waals surface area contributed by atoms with Crippen LogP contribution in [0, 0.1) is 0 Å². The van der Waals surface area contributed by atoms with Crippen molar-refractivity contribution in [2.24, 2.45) is 0 Å². The van der Waals surface area contributed by atoms with Crippen molar-refractivity contribution in [2.45, 2.75) is 71.1 Å². The minimum atomic E-state index is -0.156. The Morgan fingerprint density at radius 2 is 1.50 bits per heavy atom. The number of amides is 1. The number of nitrogens with zero attached hydrogens (tertiary/aromatic N) is 1. The SMILES string of the molecule is C=CC(=O)Nc1ccccc1[N+](C)(C)CCCCCCCCCCCC. The van der Waals surface area contributed by atoms with Crippen LogP contribution in [0.4, 0.5) is 11.4 Å². The van der Waals surface area contributed by atoms with Gasteiger partial charge in [-0.1, -0.05) is 77.0 Å². The molecule has 146 valence electrons. The topological polar surface area (TPSA) is 29.1 Å². The fourth-order valence-corrected chi connectivity index (χ4v) is 3.41. The molecule has 0 fully saturated rings. The van der Waals surface area contributed by atoms with Crippen LogP contribution >= 0.6 is 0 Å². The summed E-state index contributed by atoms with van der Waals surface area (Å²) < 4.78 is 0.782. The highest BCUT2D eigenvalue weighted by molar-refractivity contribution is 6.00. The second-order valence-electron chi connectivity index (χ2n) is 7.80. The third-order valence-electron chi connectivity index (χ3n) is 5.07. The van der Waals surface area contributed by atoms with Gasteiger partial charge in [0.1, 0.15) is 5.69 Å². The summed E-state index contributed by atoms with van der Waals surface area (Å²) in [5.41, 5.74) is 2.04. The lowest BCUT2D eigenvalue weighted by molar-refractivity contribution is -0.111. The molecule has 0 saturated carbocycles. The van der Waals surface area contributed by atoms with Crippen molar-refractivity contribution in [1.82, 2.24) is 4.48 Å². The van der Waals surface area contributed by atoms with Crippen molar-refractivity contribution >= 4 is 17.3 Å². The highest BCUT2D eigenvalue weighted by Crippen LogP contribution is 2.29. The first-order valence-electron chi connectivity index (χ1n) is 10.4. The third kappa shape index (κ3) is 8.66. The predicted molar refractivity (Wildman–Crippen MR) is 116 cm³/mol. The molecule has 26 heavy (non-hydrogen) atoms. The summed E-state index contributed by atoms with van der Waals surface area (Å²) in [6, 6.07) is 8.07. The van der Waals surface area contributed by atoms with Gasteiger partial charge in [-0.2, -0.15) is 0 Å². The summed E-state index contributed by atoms with van der Waals surface area (Å²) in [6.07, 6.45) is 14.8. The molecule has 0 atom stereocenters. The Bertz CT molecular complexity index is 537. The molecule has 0 saturated heterocycles. The quantitative estimate of drug-likeness (QED) is 0.236. The maximum Gasteiger partial charge on any atom is 0.247 e. The predicted octanol–water partition coefficient (Wildman–Crippen LogP) is 6.30. The Morgan fingerprint density at radius 3 is 2.08 bits per heavy atom. The molecule has 0 aliphatic heterocycles. The largest absolute Gasteiger partial charge is 0.318 e. The number of nitrogens with one attached hydrogen (secondary N) is 1. The van der Waals surface area contributed by atoms with Gasteiger partial charge in [-0.3, -0.25) is 9.28 Å². The van der Waals surface area contributed by atoms with E-state index < -0.39 is 0 Å². The molecule has 1 amide bonds. The van der Waals surface area contributed by atoms with E-state index in [0.29, 0.717) is 0 Å². The van der Waals surface area contributed by atoms with Crippen LogP contribution in [0.25, 0.3) is 0 Å². The van der Waals surface area contributed by atoms with E-state index in [1.807, 2.05) is 18.2 Å². The number of quaternary nitrogens is 1. The molecular formula is C23H39N2O+. The average molecular weight is 360 g/mol. The molecule has 1 rings (SSSR count). The van der Waals surface area contributed by atoms with Gasteiger partial charge in [-0.25, -0.2) is 0 Å². The van der Waals surface area contributed by atoms with Gasteiger partial charge in [-0.05, 0) is 25.0 Å². The fourth-order valence-electron chi connectivity index (χ4n) is 3.41. The van der Waals surface area contributed by atoms with Gasteiger partial charge in [-0.15, -0.1) is 0 Å². The first-order chi connectivity index (χ1) is 12.5. The first-order valence-corrected chi connectivity index (χ1v) is 10.4. The number of anilines is 1. The molecule has 0 heterocycles. The van der Waals surface area contributed by atoms with E-state index in [1.165, 1.54) is 70.3 Å². The molecule has 0 bridgehead atoms. The van der Waals surface area contributed by atoms with Crippen molar-refractivity contribution < 1.29 is 4.79 Å². The lowest BCUT2D eigenvalue weighted by Gasteiger charge is -2.31. The molecule has 0 aromatic heterocycles.